The Morgan fingerprint density at radius 1 is 0.931 bits per heavy atom. The van der Waals surface area contributed by atoms with Crippen molar-refractivity contribution in [3.05, 3.63) is 71.8 Å². The molecule has 1 aliphatic heterocycles. The van der Waals surface area contributed by atoms with Crippen LogP contribution in [0.4, 0.5) is 11.4 Å². The molecule has 1 saturated heterocycles. The second-order valence-electron chi connectivity index (χ2n) is 7.83. The number of rotatable bonds is 5. The Hall–Kier alpha value is -2.85. The highest BCUT2D eigenvalue weighted by Crippen LogP contribution is 2.25. The molecule has 0 aliphatic carbocycles. The summed E-state index contributed by atoms with van der Waals surface area (Å²) in [6.07, 6.45) is 0.380. The molecule has 4 nitrogen and oxygen atoms in total. The minimum atomic E-state index is 0.0176. The predicted octanol–water partition coefficient (Wildman–Crippen LogP) is 4.47. The van der Waals surface area contributed by atoms with Gasteiger partial charge in [-0.3, -0.25) is 4.79 Å². The Morgan fingerprint density at radius 2 is 1.69 bits per heavy atom. The van der Waals surface area contributed by atoms with Gasteiger partial charge in [0.1, 0.15) is 0 Å². The summed E-state index contributed by atoms with van der Waals surface area (Å²) in [5.74, 6) is 0.0176. The van der Waals surface area contributed by atoms with E-state index in [9.17, 15) is 4.79 Å². The molecular weight excluding hydrogens is 358 g/mol. The number of carbonyl (C=O) groups is 1. The Labute approximate surface area is 173 Å². The van der Waals surface area contributed by atoms with E-state index >= 15 is 0 Å². The first-order valence-corrected chi connectivity index (χ1v) is 10.5. The van der Waals surface area contributed by atoms with Crippen molar-refractivity contribution in [2.75, 3.05) is 42.9 Å². The summed E-state index contributed by atoms with van der Waals surface area (Å²) < 4.78 is 0. The predicted molar refractivity (Wildman–Crippen MR) is 122 cm³/mol. The molecule has 0 saturated carbocycles. The van der Waals surface area contributed by atoms with Gasteiger partial charge in [0.15, 0.2) is 0 Å². The van der Waals surface area contributed by atoms with Gasteiger partial charge in [-0.25, -0.2) is 0 Å². The Balaban J connectivity index is 1.39. The van der Waals surface area contributed by atoms with E-state index in [1.54, 1.807) is 0 Å². The molecule has 1 aliphatic rings. The molecule has 1 heterocycles. The third-order valence-corrected chi connectivity index (χ3v) is 5.82. The van der Waals surface area contributed by atoms with Gasteiger partial charge in [0, 0.05) is 37.6 Å². The maximum atomic E-state index is 12.6. The maximum Gasteiger partial charge on any atom is 0.228 e. The van der Waals surface area contributed by atoms with Crippen molar-refractivity contribution in [3.63, 3.8) is 0 Å². The van der Waals surface area contributed by atoms with Crippen molar-refractivity contribution in [1.29, 1.82) is 0 Å². The Morgan fingerprint density at radius 3 is 2.41 bits per heavy atom. The number of piperazine rings is 1. The average molecular weight is 388 g/mol. The number of hydrogen-bond acceptors (Lipinski definition) is 3. The molecule has 1 N–H and O–H groups in total. The van der Waals surface area contributed by atoms with Crippen LogP contribution in [0.15, 0.2) is 60.7 Å². The fourth-order valence-corrected chi connectivity index (χ4v) is 4.13. The Bertz CT molecular complexity index is 1010. The van der Waals surface area contributed by atoms with E-state index in [4.69, 9.17) is 0 Å². The van der Waals surface area contributed by atoms with Crippen molar-refractivity contribution in [3.8, 4) is 0 Å². The second-order valence-corrected chi connectivity index (χ2v) is 7.83. The monoisotopic (exact) mass is 387 g/mol. The maximum absolute atomic E-state index is 12.6. The van der Waals surface area contributed by atoms with Crippen LogP contribution < -0.4 is 10.2 Å². The van der Waals surface area contributed by atoms with Crippen molar-refractivity contribution < 1.29 is 4.79 Å². The molecule has 0 aromatic heterocycles. The zero-order valence-electron chi connectivity index (χ0n) is 17.3. The number of likely N-dealkylation sites (N-methyl/N-ethyl adjacent to an activating group) is 1. The number of fused-ring (bicyclic) bond motifs is 1. The molecule has 0 bridgehead atoms. The molecule has 1 amide bonds. The summed E-state index contributed by atoms with van der Waals surface area (Å²) in [5, 5.41) is 5.42. The largest absolute Gasteiger partial charge is 0.369 e. The number of amides is 1. The molecule has 150 valence electrons. The van der Waals surface area contributed by atoms with Crippen LogP contribution in [0.25, 0.3) is 10.8 Å². The summed E-state index contributed by atoms with van der Waals surface area (Å²) in [4.78, 5) is 17.5. The van der Waals surface area contributed by atoms with Crippen molar-refractivity contribution in [2.24, 2.45) is 0 Å². The molecule has 1 fully saturated rings. The van der Waals surface area contributed by atoms with Crippen LogP contribution in [0.3, 0.4) is 0 Å². The van der Waals surface area contributed by atoms with Gasteiger partial charge in [0.25, 0.3) is 0 Å². The van der Waals surface area contributed by atoms with Crippen molar-refractivity contribution in [1.82, 2.24) is 4.90 Å². The van der Waals surface area contributed by atoms with E-state index < -0.39 is 0 Å². The average Bonchev–Trinajstić information content (AvgIpc) is 2.74. The Kier molecular flexibility index (Phi) is 5.81. The molecule has 29 heavy (non-hydrogen) atoms. The normalized spacial score (nSPS) is 14.9. The summed E-state index contributed by atoms with van der Waals surface area (Å²) in [6.45, 7) is 9.80. The van der Waals surface area contributed by atoms with Crippen molar-refractivity contribution >= 4 is 28.1 Å². The number of nitrogens with one attached hydrogen (secondary N) is 1. The number of anilines is 2. The molecule has 0 spiro atoms. The van der Waals surface area contributed by atoms with E-state index in [0.29, 0.717) is 6.42 Å². The van der Waals surface area contributed by atoms with Crippen molar-refractivity contribution in [2.45, 2.75) is 20.3 Å². The molecule has 0 atom stereocenters. The summed E-state index contributed by atoms with van der Waals surface area (Å²) in [5.41, 5.74) is 4.37. The highest BCUT2D eigenvalue weighted by molar-refractivity contribution is 5.93. The zero-order valence-corrected chi connectivity index (χ0v) is 17.3. The summed E-state index contributed by atoms with van der Waals surface area (Å²) in [6, 6.07) is 20.7. The van der Waals surface area contributed by atoms with E-state index in [1.807, 2.05) is 24.3 Å². The van der Waals surface area contributed by atoms with Gasteiger partial charge in [-0.2, -0.15) is 0 Å². The number of hydrogen-bond donors (Lipinski definition) is 1. The topological polar surface area (TPSA) is 35.6 Å². The standard InChI is InChI=1S/C25H29N3O/c1-3-27-12-14-28(15-13-27)24-11-10-23(16-19(24)2)26-25(29)18-20-8-9-21-6-4-5-7-22(21)17-20/h4-11,16-17H,3,12-15,18H2,1-2H3,(H,26,29). The fourth-order valence-electron chi connectivity index (χ4n) is 4.13. The van der Waals surface area contributed by atoms with Gasteiger partial charge in [0.05, 0.1) is 6.42 Å². The number of nitrogens with zero attached hydrogens (tertiary/aromatic N) is 2. The van der Waals surface area contributed by atoms with Gasteiger partial charge in [-0.1, -0.05) is 49.4 Å². The number of carbonyl (C=O) groups excluding carboxylic acids is 1. The highest BCUT2D eigenvalue weighted by atomic mass is 16.1. The molecule has 0 radical (unpaired) electrons. The molecule has 4 heteroatoms. The number of benzene rings is 3. The van der Waals surface area contributed by atoms with Gasteiger partial charge >= 0.3 is 0 Å². The zero-order chi connectivity index (χ0) is 20.2. The van der Waals surface area contributed by atoms with Gasteiger partial charge in [-0.05, 0) is 53.6 Å². The van der Waals surface area contributed by atoms with Gasteiger partial charge in [0.2, 0.25) is 5.91 Å². The summed E-state index contributed by atoms with van der Waals surface area (Å²) in [7, 11) is 0. The smallest absolute Gasteiger partial charge is 0.228 e. The highest BCUT2D eigenvalue weighted by Gasteiger charge is 2.17. The van der Waals surface area contributed by atoms with E-state index in [2.05, 4.69) is 65.4 Å². The number of aryl methyl sites for hydroxylation is 1. The lowest BCUT2D eigenvalue weighted by Crippen LogP contribution is -2.46. The fraction of sp³-hybridized carbons (Fsp3) is 0.320. The first-order valence-electron chi connectivity index (χ1n) is 10.5. The minimum absolute atomic E-state index is 0.0176. The minimum Gasteiger partial charge on any atom is -0.369 e. The lowest BCUT2D eigenvalue weighted by molar-refractivity contribution is -0.115. The van der Waals surface area contributed by atoms with Crippen LogP contribution in [0, 0.1) is 6.92 Å². The molecule has 3 aromatic rings. The third kappa shape index (κ3) is 4.60. The van der Waals surface area contributed by atoms with Crippen LogP contribution in [-0.4, -0.2) is 43.5 Å². The first-order chi connectivity index (χ1) is 14.1. The first kappa shape index (κ1) is 19.5. The second kappa shape index (κ2) is 8.66. The SMILES string of the molecule is CCN1CCN(c2ccc(NC(=O)Cc3ccc4ccccc4c3)cc2C)CC1. The third-order valence-electron chi connectivity index (χ3n) is 5.82. The summed E-state index contributed by atoms with van der Waals surface area (Å²) >= 11 is 0. The van der Waals surface area contributed by atoms with Gasteiger partial charge in [-0.15, -0.1) is 0 Å². The lowest BCUT2D eigenvalue weighted by atomic mass is 10.0. The quantitative estimate of drug-likeness (QED) is 0.702. The molecule has 0 unspecified atom stereocenters. The van der Waals surface area contributed by atoms with Gasteiger partial charge < -0.3 is 15.1 Å². The van der Waals surface area contributed by atoms with Crippen LogP contribution >= 0.6 is 0 Å². The van der Waals surface area contributed by atoms with Crippen LogP contribution in [0.2, 0.25) is 0 Å². The lowest BCUT2D eigenvalue weighted by Gasteiger charge is -2.36. The molecule has 4 rings (SSSR count). The van der Waals surface area contributed by atoms with E-state index in [1.165, 1.54) is 22.0 Å². The van der Waals surface area contributed by atoms with Crippen LogP contribution in [0.1, 0.15) is 18.1 Å². The molecular formula is C25H29N3O. The van der Waals surface area contributed by atoms with E-state index in [-0.39, 0.29) is 5.91 Å². The van der Waals surface area contributed by atoms with Crippen LogP contribution in [-0.2, 0) is 11.2 Å². The van der Waals surface area contributed by atoms with Crippen LogP contribution in [0.5, 0.6) is 0 Å². The molecule has 3 aromatic carbocycles. The van der Waals surface area contributed by atoms with E-state index in [0.717, 1.165) is 44.0 Å².